The molecule has 6 heteroatoms. The van der Waals surface area contributed by atoms with E-state index in [2.05, 4.69) is 10.3 Å². The Morgan fingerprint density at radius 3 is 2.73 bits per heavy atom. The van der Waals surface area contributed by atoms with Gasteiger partial charge in [0.1, 0.15) is 0 Å². The van der Waals surface area contributed by atoms with Crippen molar-refractivity contribution in [3.8, 4) is 0 Å². The van der Waals surface area contributed by atoms with Crippen LogP contribution in [0.4, 0.5) is 11.5 Å². The monoisotopic (exact) mass is 298 g/mol. The Morgan fingerprint density at radius 2 is 2.05 bits per heavy atom. The molecule has 22 heavy (non-hydrogen) atoms. The summed E-state index contributed by atoms with van der Waals surface area (Å²) in [4.78, 5) is 25.1. The minimum atomic E-state index is -0.470. The summed E-state index contributed by atoms with van der Waals surface area (Å²) in [5.74, 6) is 0.291. The lowest BCUT2D eigenvalue weighted by Gasteiger charge is -1.98. The Labute approximate surface area is 127 Å². The summed E-state index contributed by atoms with van der Waals surface area (Å²) in [5, 5.41) is 13.4. The zero-order chi connectivity index (χ0) is 16.1. The van der Waals surface area contributed by atoms with E-state index in [1.165, 1.54) is 24.3 Å². The summed E-state index contributed by atoms with van der Waals surface area (Å²) < 4.78 is 0. The maximum absolute atomic E-state index is 11.9. The second-order valence-corrected chi connectivity index (χ2v) is 4.93. The maximum Gasteiger partial charge on any atom is 0.331 e. The SMILES string of the molecule is Cc1cc(C)[nH+]c(NC(=O)C=Cc2cccc([N+](=O)[O-])c2)c1. The smallest absolute Gasteiger partial charge is 0.258 e. The summed E-state index contributed by atoms with van der Waals surface area (Å²) in [6, 6.07) is 9.88. The summed E-state index contributed by atoms with van der Waals surface area (Å²) in [6.45, 7) is 3.84. The van der Waals surface area contributed by atoms with Crippen LogP contribution in [0.1, 0.15) is 16.8 Å². The van der Waals surface area contributed by atoms with Crippen molar-refractivity contribution >= 4 is 23.5 Å². The first-order chi connectivity index (χ1) is 10.4. The van der Waals surface area contributed by atoms with Gasteiger partial charge in [-0.25, -0.2) is 15.1 Å². The molecule has 1 aromatic carbocycles. The number of nitrogens with zero attached hydrogens (tertiary/aromatic N) is 1. The van der Waals surface area contributed by atoms with Gasteiger partial charge in [-0.2, -0.15) is 0 Å². The number of hydrogen-bond acceptors (Lipinski definition) is 3. The summed E-state index contributed by atoms with van der Waals surface area (Å²) in [7, 11) is 0. The van der Waals surface area contributed by atoms with E-state index >= 15 is 0 Å². The van der Waals surface area contributed by atoms with Crippen molar-refractivity contribution in [1.82, 2.24) is 0 Å². The zero-order valence-electron chi connectivity index (χ0n) is 12.3. The number of nitrogens with one attached hydrogen (secondary N) is 2. The quantitative estimate of drug-likeness (QED) is 0.535. The summed E-state index contributed by atoms with van der Waals surface area (Å²) >= 11 is 0. The van der Waals surface area contributed by atoms with Crippen LogP contribution in [0.25, 0.3) is 6.08 Å². The predicted molar refractivity (Wildman–Crippen MR) is 83.2 cm³/mol. The molecule has 0 unspecified atom stereocenters. The van der Waals surface area contributed by atoms with Crippen LogP contribution in [0.3, 0.4) is 0 Å². The zero-order valence-corrected chi connectivity index (χ0v) is 12.3. The largest absolute Gasteiger partial charge is 0.331 e. The van der Waals surface area contributed by atoms with Crippen molar-refractivity contribution in [1.29, 1.82) is 0 Å². The molecule has 0 fully saturated rings. The van der Waals surface area contributed by atoms with Crippen LogP contribution >= 0.6 is 0 Å². The van der Waals surface area contributed by atoms with Crippen LogP contribution in [0.5, 0.6) is 0 Å². The fourth-order valence-electron chi connectivity index (χ4n) is 2.05. The molecule has 0 bridgehead atoms. The third-order valence-corrected chi connectivity index (χ3v) is 2.91. The fourth-order valence-corrected chi connectivity index (χ4v) is 2.05. The number of H-pyrrole nitrogens is 1. The number of carbonyl (C=O) groups is 1. The van der Waals surface area contributed by atoms with Crippen molar-refractivity contribution in [3.63, 3.8) is 0 Å². The number of aryl methyl sites for hydroxylation is 2. The highest BCUT2D eigenvalue weighted by Crippen LogP contribution is 2.14. The van der Waals surface area contributed by atoms with Crippen LogP contribution in [0.2, 0.25) is 0 Å². The molecular weight excluding hydrogens is 282 g/mol. The van der Waals surface area contributed by atoms with Crippen molar-refractivity contribution in [2.45, 2.75) is 13.8 Å². The number of amides is 1. The van der Waals surface area contributed by atoms with Crippen molar-refractivity contribution in [2.75, 3.05) is 5.32 Å². The number of hydrogen-bond donors (Lipinski definition) is 1. The molecule has 6 nitrogen and oxygen atoms in total. The number of non-ortho nitro benzene ring substituents is 1. The summed E-state index contributed by atoms with van der Waals surface area (Å²) in [5.41, 5.74) is 2.56. The molecule has 0 aliphatic rings. The topological polar surface area (TPSA) is 86.4 Å². The van der Waals surface area contributed by atoms with Crippen LogP contribution in [0.15, 0.2) is 42.5 Å². The standard InChI is InChI=1S/C16H15N3O3/c1-11-8-12(2)17-15(9-11)18-16(20)7-6-13-4-3-5-14(10-13)19(21)22/h3-10H,1-2H3,(H,17,18,20)/p+1. The number of aromatic amines is 1. The maximum atomic E-state index is 11.9. The molecule has 0 aliphatic heterocycles. The minimum Gasteiger partial charge on any atom is -0.258 e. The number of rotatable bonds is 4. The number of anilines is 1. The van der Waals surface area contributed by atoms with Crippen LogP contribution < -0.4 is 10.3 Å². The van der Waals surface area contributed by atoms with E-state index in [9.17, 15) is 14.9 Å². The van der Waals surface area contributed by atoms with Gasteiger partial charge in [0.15, 0.2) is 0 Å². The molecule has 112 valence electrons. The van der Waals surface area contributed by atoms with Gasteiger partial charge in [0.05, 0.1) is 10.6 Å². The lowest BCUT2D eigenvalue weighted by Crippen LogP contribution is -2.19. The van der Waals surface area contributed by atoms with E-state index in [1.54, 1.807) is 12.1 Å². The van der Waals surface area contributed by atoms with Gasteiger partial charge in [0, 0.05) is 24.3 Å². The number of nitro groups is 1. The highest BCUT2D eigenvalue weighted by Gasteiger charge is 2.09. The Hall–Kier alpha value is -3.02. The van der Waals surface area contributed by atoms with Crippen LogP contribution in [-0.2, 0) is 4.79 Å². The van der Waals surface area contributed by atoms with Crippen molar-refractivity contribution < 1.29 is 14.7 Å². The van der Waals surface area contributed by atoms with Crippen LogP contribution in [0, 0.1) is 24.0 Å². The molecule has 2 rings (SSSR count). The lowest BCUT2D eigenvalue weighted by molar-refractivity contribution is -0.384. The van der Waals surface area contributed by atoms with Gasteiger partial charge in [-0.15, -0.1) is 0 Å². The first kappa shape index (κ1) is 15.4. The third kappa shape index (κ3) is 4.24. The van der Waals surface area contributed by atoms with Gasteiger partial charge in [-0.3, -0.25) is 10.1 Å². The minimum absolute atomic E-state index is 0.00907. The normalized spacial score (nSPS) is 10.6. The van der Waals surface area contributed by atoms with Crippen molar-refractivity contribution in [3.05, 3.63) is 69.4 Å². The van der Waals surface area contributed by atoms with E-state index < -0.39 is 4.92 Å². The van der Waals surface area contributed by atoms with Gasteiger partial charge in [0.25, 0.3) is 11.5 Å². The Kier molecular flexibility index (Phi) is 4.63. The number of pyridine rings is 1. The third-order valence-electron chi connectivity index (χ3n) is 2.91. The van der Waals surface area contributed by atoms with E-state index in [1.807, 2.05) is 26.0 Å². The molecule has 2 aromatic rings. The molecule has 2 N–H and O–H groups in total. The molecule has 0 saturated heterocycles. The highest BCUT2D eigenvalue weighted by atomic mass is 16.6. The molecule has 1 heterocycles. The van der Waals surface area contributed by atoms with E-state index in [0.29, 0.717) is 11.4 Å². The molecule has 0 saturated carbocycles. The average Bonchev–Trinajstić information content (AvgIpc) is 2.44. The molecule has 1 amide bonds. The highest BCUT2D eigenvalue weighted by molar-refractivity contribution is 6.01. The molecule has 0 radical (unpaired) electrons. The molecular formula is C16H16N3O3+. The predicted octanol–water partition coefficient (Wildman–Crippen LogP) is 2.68. The van der Waals surface area contributed by atoms with Gasteiger partial charge < -0.3 is 0 Å². The van der Waals surface area contributed by atoms with E-state index in [-0.39, 0.29) is 11.6 Å². The molecule has 0 spiro atoms. The number of nitro benzene ring substituents is 1. The lowest BCUT2D eigenvalue weighted by atomic mass is 10.2. The average molecular weight is 298 g/mol. The van der Waals surface area contributed by atoms with Gasteiger partial charge in [0.2, 0.25) is 0 Å². The van der Waals surface area contributed by atoms with Gasteiger partial charge >= 0.3 is 5.91 Å². The number of benzene rings is 1. The van der Waals surface area contributed by atoms with Crippen molar-refractivity contribution in [2.24, 2.45) is 0 Å². The number of carbonyl (C=O) groups excluding carboxylic acids is 1. The second-order valence-electron chi connectivity index (χ2n) is 4.93. The number of aromatic nitrogens is 1. The van der Waals surface area contributed by atoms with Crippen LogP contribution in [-0.4, -0.2) is 10.8 Å². The fraction of sp³-hybridized carbons (Fsp3) is 0.125. The van der Waals surface area contributed by atoms with E-state index in [0.717, 1.165) is 11.3 Å². The van der Waals surface area contributed by atoms with Gasteiger partial charge in [-0.05, 0) is 37.1 Å². The first-order valence-electron chi connectivity index (χ1n) is 6.68. The molecule has 0 atom stereocenters. The van der Waals surface area contributed by atoms with E-state index in [4.69, 9.17) is 0 Å². The summed E-state index contributed by atoms with van der Waals surface area (Å²) in [6.07, 6.45) is 2.87. The van der Waals surface area contributed by atoms with Gasteiger partial charge in [-0.1, -0.05) is 12.1 Å². The molecule has 1 aromatic heterocycles. The second kappa shape index (κ2) is 6.62. The Bertz CT molecular complexity index is 734. The first-order valence-corrected chi connectivity index (χ1v) is 6.68. The Balaban J connectivity index is 2.08. The Morgan fingerprint density at radius 1 is 1.27 bits per heavy atom. The molecule has 0 aliphatic carbocycles.